The van der Waals surface area contributed by atoms with Crippen LogP contribution in [0.2, 0.25) is 0 Å². The number of aromatic nitrogens is 10. The molecule has 8 aromatic rings. The molecule has 0 saturated carbocycles. The molecule has 2 fully saturated rings. The van der Waals surface area contributed by atoms with Crippen LogP contribution in [-0.2, 0) is 22.7 Å². The summed E-state index contributed by atoms with van der Waals surface area (Å²) in [5.41, 5.74) is 19.5. The van der Waals surface area contributed by atoms with Crippen molar-refractivity contribution in [3.05, 3.63) is 96.4 Å². The van der Waals surface area contributed by atoms with Crippen LogP contribution in [0.1, 0.15) is 11.1 Å². The Hall–Kier alpha value is -7.35. The van der Waals surface area contributed by atoms with Gasteiger partial charge in [-0.05, 0) is 79.0 Å². The highest BCUT2D eigenvalue weighted by atomic mass is 32.2. The zero-order valence-corrected chi connectivity index (χ0v) is 37.8. The highest BCUT2D eigenvalue weighted by Crippen LogP contribution is 2.20. The third-order valence-corrected chi connectivity index (χ3v) is 11.3. The van der Waals surface area contributed by atoms with E-state index in [9.17, 15) is 17.2 Å². The lowest BCUT2D eigenvalue weighted by Gasteiger charge is -2.33. The van der Waals surface area contributed by atoms with Gasteiger partial charge in [-0.3, -0.25) is 9.80 Å². The van der Waals surface area contributed by atoms with Gasteiger partial charge in [0.25, 0.3) is 16.7 Å². The molecule has 2 aromatic carbocycles. The maximum Gasteiger partial charge on any atom is 0.259 e. The molecule has 0 unspecified atom stereocenters. The molecule has 0 radical (unpaired) electrons. The fourth-order valence-electron chi connectivity index (χ4n) is 6.81. The Morgan fingerprint density at radius 2 is 1.16 bits per heavy atom. The number of ether oxygens (including phenoxy) is 2. The third-order valence-electron chi connectivity index (χ3n) is 10.4. The van der Waals surface area contributed by atoms with E-state index in [4.69, 9.17) is 35.5 Å². The number of furan rings is 2. The summed E-state index contributed by atoms with van der Waals surface area (Å²) in [4.78, 5) is 28.6. The molecule has 25 heteroatoms. The van der Waals surface area contributed by atoms with Gasteiger partial charge in [0.05, 0.1) is 12.5 Å². The van der Waals surface area contributed by atoms with E-state index < -0.39 is 27.3 Å². The predicted molar refractivity (Wildman–Crippen MR) is 246 cm³/mol. The summed E-state index contributed by atoms with van der Waals surface area (Å²) in [6.07, 6.45) is 4.36. The molecule has 0 aliphatic carbocycles. The number of likely N-dealkylation sites (tertiary alicyclic amines) is 2. The maximum absolute atomic E-state index is 12.8. The molecule has 0 amide bonds. The molecule has 68 heavy (non-hydrogen) atoms. The van der Waals surface area contributed by atoms with Crippen molar-refractivity contribution in [3.63, 3.8) is 0 Å². The monoisotopic (exact) mass is 956 g/mol. The lowest BCUT2D eigenvalue weighted by Crippen LogP contribution is -2.49. The summed E-state index contributed by atoms with van der Waals surface area (Å²) in [5, 5.41) is 11.1. The molecular formula is C43H50F2N16O6S. The summed E-state index contributed by atoms with van der Waals surface area (Å²) < 4.78 is 72.4. The molecule has 22 nitrogen and oxygen atoms in total. The van der Waals surface area contributed by atoms with Crippen LogP contribution >= 0.6 is 0 Å². The smallest absolute Gasteiger partial charge is 0.259 e. The van der Waals surface area contributed by atoms with Gasteiger partial charge in [-0.25, -0.2) is 17.2 Å². The summed E-state index contributed by atoms with van der Waals surface area (Å²) in [5.74, 6) is 4.10. The minimum absolute atomic E-state index is 0.0410. The molecule has 10 rings (SSSR count). The van der Waals surface area contributed by atoms with Crippen LogP contribution in [-0.4, -0.2) is 152 Å². The third kappa shape index (κ3) is 12.3. The fourth-order valence-corrected chi connectivity index (χ4v) is 7.32. The van der Waals surface area contributed by atoms with Crippen LogP contribution in [0, 0.1) is 0 Å². The van der Waals surface area contributed by atoms with Crippen LogP contribution in [0.25, 0.3) is 34.7 Å². The van der Waals surface area contributed by atoms with Crippen LogP contribution in [0.4, 0.5) is 26.6 Å². The Morgan fingerprint density at radius 3 is 1.62 bits per heavy atom. The quantitative estimate of drug-likeness (QED) is 0.102. The molecule has 2 aliphatic heterocycles. The number of halogens is 2. The summed E-state index contributed by atoms with van der Waals surface area (Å²) >= 11 is 0. The number of hydrogen-bond donors (Lipinski definition) is 4. The number of benzene rings is 2. The first kappa shape index (κ1) is 47.2. The molecule has 0 atom stereocenters. The van der Waals surface area contributed by atoms with Gasteiger partial charge in [-0.1, -0.05) is 24.3 Å². The molecule has 6 aromatic heterocycles. The van der Waals surface area contributed by atoms with E-state index in [-0.39, 0.29) is 23.5 Å². The number of anilines is 3. The largest absolute Gasteiger partial charge is 0.492 e. The van der Waals surface area contributed by atoms with Crippen LogP contribution in [0.15, 0.2) is 99.3 Å². The summed E-state index contributed by atoms with van der Waals surface area (Å²) in [6.45, 7) is 6.13. The Balaban J connectivity index is 0.000000148. The average molecular weight is 957 g/mol. The molecular weight excluding hydrogens is 907 g/mol. The lowest BCUT2D eigenvalue weighted by atomic mass is 10.1. The Morgan fingerprint density at radius 1 is 0.676 bits per heavy atom. The zero-order chi connectivity index (χ0) is 47.6. The van der Waals surface area contributed by atoms with Gasteiger partial charge in [0.2, 0.25) is 39.3 Å². The zero-order valence-electron chi connectivity index (χ0n) is 36.9. The lowest BCUT2D eigenvalue weighted by molar-refractivity contribution is 0.0537. The average Bonchev–Trinajstić information content (AvgIpc) is 4.15. The standard InChI is InChI=1S/C21H23FN8O2.C13H19FN2O.C9H8N6O3S/c22-15-12-29(13-15)9-11-31-16-5-3-14(4-6-16)7-8-24-20-26-19(23)30-21(27-20)25-18(28-30)17-2-1-10-32-17;14-12-9-16(10-12)7-8-17-13-3-1-11(2-4-13)5-6-15;1-19(16,17)9-12-7(10)15-8(13-9)11-6(14-15)5-3-2-4-18-5/h1-6,10,15H,7-9,11-13H2,(H3,23,24,25,26,27,28);1-4,12H,5-10,15H2;2-4H,1H3,(H2,10,11,12,13,14). The number of rotatable bonds is 17. The van der Waals surface area contributed by atoms with E-state index >= 15 is 0 Å². The SMILES string of the molecule is CS(=O)(=O)c1nc(N)n2nc(-c3ccco3)nc2n1.NCCc1ccc(OCCN2CC(F)C2)cc1.Nc1nc(NCCc2ccc(OCCN3CC(F)C3)cc2)nc2nc(-c3ccco3)nn12. The van der Waals surface area contributed by atoms with Gasteiger partial charge in [0.15, 0.2) is 11.5 Å². The minimum atomic E-state index is -3.57. The van der Waals surface area contributed by atoms with Gasteiger partial charge < -0.3 is 40.8 Å². The second kappa shape index (κ2) is 21.5. The first-order valence-electron chi connectivity index (χ1n) is 21.6. The van der Waals surface area contributed by atoms with Crippen LogP contribution < -0.4 is 32.0 Å². The van der Waals surface area contributed by atoms with Gasteiger partial charge in [-0.15, -0.1) is 10.2 Å². The van der Waals surface area contributed by atoms with Gasteiger partial charge in [0, 0.05) is 52.1 Å². The first-order chi connectivity index (χ1) is 32.9. The van der Waals surface area contributed by atoms with E-state index in [1.54, 1.807) is 30.5 Å². The first-order valence-corrected chi connectivity index (χ1v) is 23.4. The molecule has 2 saturated heterocycles. The molecule has 7 N–H and O–H groups in total. The number of alkyl halides is 2. The molecule has 2 aliphatic rings. The Labute approximate surface area is 388 Å². The number of nitrogen functional groups attached to an aromatic ring is 2. The maximum atomic E-state index is 12.8. The van der Waals surface area contributed by atoms with Crippen molar-refractivity contribution in [2.24, 2.45) is 5.73 Å². The van der Waals surface area contributed by atoms with E-state index in [2.05, 4.69) is 45.4 Å². The van der Waals surface area contributed by atoms with Gasteiger partial charge in [-0.2, -0.15) is 38.9 Å². The van der Waals surface area contributed by atoms with E-state index in [0.29, 0.717) is 81.6 Å². The van der Waals surface area contributed by atoms with Crippen molar-refractivity contribution < 1.29 is 35.5 Å². The van der Waals surface area contributed by atoms with Crippen molar-refractivity contribution in [3.8, 4) is 34.7 Å². The van der Waals surface area contributed by atoms with E-state index in [1.165, 1.54) is 16.3 Å². The minimum Gasteiger partial charge on any atom is -0.492 e. The van der Waals surface area contributed by atoms with Crippen molar-refractivity contribution >= 4 is 39.2 Å². The fraction of sp³-hybridized carbons (Fsp3) is 0.349. The number of nitrogens with two attached hydrogens (primary N) is 3. The number of nitrogens with one attached hydrogen (secondary N) is 1. The molecule has 8 heterocycles. The second-order valence-corrected chi connectivity index (χ2v) is 17.6. The predicted octanol–water partition coefficient (Wildman–Crippen LogP) is 3.03. The highest BCUT2D eigenvalue weighted by Gasteiger charge is 2.26. The van der Waals surface area contributed by atoms with E-state index in [1.807, 2.05) is 58.3 Å². The number of fused-ring (bicyclic) bond motifs is 2. The van der Waals surface area contributed by atoms with Gasteiger partial charge in [0.1, 0.15) is 37.1 Å². The normalized spacial score (nSPS) is 14.4. The Kier molecular flexibility index (Phi) is 14.9. The molecule has 0 spiro atoms. The van der Waals surface area contributed by atoms with Crippen molar-refractivity contribution in [1.82, 2.24) is 58.9 Å². The van der Waals surface area contributed by atoms with Crippen molar-refractivity contribution in [2.75, 3.05) is 88.6 Å². The number of nitrogens with zero attached hydrogens (tertiary/aromatic N) is 12. The van der Waals surface area contributed by atoms with E-state index in [0.717, 1.165) is 53.8 Å². The molecule has 358 valence electrons. The van der Waals surface area contributed by atoms with Crippen molar-refractivity contribution in [1.29, 1.82) is 0 Å². The summed E-state index contributed by atoms with van der Waals surface area (Å²) in [6, 6.07) is 22.8. The van der Waals surface area contributed by atoms with Crippen molar-refractivity contribution in [2.45, 2.75) is 30.3 Å². The van der Waals surface area contributed by atoms with Crippen LogP contribution in [0.5, 0.6) is 11.5 Å². The second-order valence-electron chi connectivity index (χ2n) is 15.7. The van der Waals surface area contributed by atoms with Gasteiger partial charge >= 0.3 is 0 Å². The van der Waals surface area contributed by atoms with Crippen LogP contribution in [0.3, 0.4) is 0 Å². The number of hydrogen-bond acceptors (Lipinski definition) is 20. The summed E-state index contributed by atoms with van der Waals surface area (Å²) in [7, 11) is -3.57. The molecule has 0 bridgehead atoms. The topological polar surface area (TPSA) is 287 Å². The number of sulfone groups is 1. The highest BCUT2D eigenvalue weighted by molar-refractivity contribution is 7.90. The Bertz CT molecular complexity index is 2960.